The van der Waals surface area contributed by atoms with E-state index in [4.69, 9.17) is 4.55 Å². The molecule has 0 saturated heterocycles. The van der Waals surface area contributed by atoms with E-state index in [1.165, 1.54) is 0 Å². The molecule has 0 fully saturated rings. The number of rotatable bonds is 4. The summed E-state index contributed by atoms with van der Waals surface area (Å²) in [4.78, 5) is 19.9. The SMILES string of the molecule is O=C([O-])CC(=CS(=O)(=O)O)C(=O)[O-].[Na+].[Na+]. The predicted octanol–water partition coefficient (Wildman–Crippen LogP) is -9.34. The van der Waals surface area contributed by atoms with Gasteiger partial charge in [-0.05, 0) is 5.57 Å². The molecular weight excluding hydrogens is 250 g/mol. The van der Waals surface area contributed by atoms with E-state index in [1.54, 1.807) is 0 Å². The van der Waals surface area contributed by atoms with Crippen LogP contribution in [0.15, 0.2) is 11.0 Å². The molecule has 0 aromatic heterocycles. The third kappa shape index (κ3) is 12.5. The zero-order valence-corrected chi connectivity index (χ0v) is 12.9. The molecule has 15 heavy (non-hydrogen) atoms. The van der Waals surface area contributed by atoms with Gasteiger partial charge in [-0.3, -0.25) is 4.55 Å². The van der Waals surface area contributed by atoms with Crippen LogP contribution in [0.3, 0.4) is 0 Å². The first-order valence-corrected chi connectivity index (χ1v) is 4.32. The summed E-state index contributed by atoms with van der Waals surface area (Å²) in [6.07, 6.45) is -1.15. The van der Waals surface area contributed by atoms with Crippen LogP contribution in [0.1, 0.15) is 6.42 Å². The van der Waals surface area contributed by atoms with E-state index in [1.807, 2.05) is 0 Å². The maximum atomic E-state index is 10.1. The van der Waals surface area contributed by atoms with Crippen LogP contribution >= 0.6 is 0 Å². The minimum absolute atomic E-state index is 0. The van der Waals surface area contributed by atoms with Gasteiger partial charge in [0, 0.05) is 12.4 Å². The van der Waals surface area contributed by atoms with E-state index in [-0.39, 0.29) is 64.5 Å². The topological polar surface area (TPSA) is 135 Å². The Bertz CT molecular complexity index is 358. The summed E-state index contributed by atoms with van der Waals surface area (Å²) in [5, 5.41) is 19.8. The van der Waals surface area contributed by atoms with Crippen molar-refractivity contribution in [1.29, 1.82) is 0 Å². The molecular formula is C5H4Na2O7S. The van der Waals surface area contributed by atoms with Gasteiger partial charge < -0.3 is 19.8 Å². The summed E-state index contributed by atoms with van der Waals surface area (Å²) in [5.41, 5.74) is -1.08. The van der Waals surface area contributed by atoms with E-state index in [0.29, 0.717) is 0 Å². The standard InChI is InChI=1S/C5H6O7S.2Na/c6-4(7)1-3(5(8)9)2-13(10,11)12;;/h2H,1H2,(H,6,7)(H,8,9)(H,10,11,12);;/q;2*+1/p-2. The van der Waals surface area contributed by atoms with Crippen LogP contribution in [0, 0.1) is 0 Å². The summed E-state index contributed by atoms with van der Waals surface area (Å²) in [5.74, 6) is -3.79. The fraction of sp³-hybridized carbons (Fsp3) is 0.200. The first kappa shape index (κ1) is 20.9. The minimum atomic E-state index is -4.69. The molecule has 0 spiro atoms. The monoisotopic (exact) mass is 254 g/mol. The first-order chi connectivity index (χ1) is 5.72. The Morgan fingerprint density at radius 3 is 1.80 bits per heavy atom. The second-order valence-corrected chi connectivity index (χ2v) is 3.26. The Hall–Kier alpha value is 0.590. The summed E-state index contributed by atoms with van der Waals surface area (Å²) < 4.78 is 28.3. The average Bonchev–Trinajstić information content (AvgIpc) is 1.81. The van der Waals surface area contributed by atoms with Crippen LogP contribution in [0.2, 0.25) is 0 Å². The molecule has 0 atom stereocenters. The predicted molar refractivity (Wildman–Crippen MR) is 34.3 cm³/mol. The number of hydrogen-bond donors (Lipinski definition) is 1. The molecule has 0 aliphatic carbocycles. The van der Waals surface area contributed by atoms with Crippen molar-refractivity contribution in [3.8, 4) is 0 Å². The summed E-state index contributed by atoms with van der Waals surface area (Å²) in [7, 11) is -4.69. The fourth-order valence-electron chi connectivity index (χ4n) is 0.497. The van der Waals surface area contributed by atoms with Gasteiger partial charge >= 0.3 is 59.1 Å². The minimum Gasteiger partial charge on any atom is -0.550 e. The second kappa shape index (κ2) is 8.71. The Balaban J connectivity index is -0.000000720. The molecule has 0 rings (SSSR count). The van der Waals surface area contributed by atoms with Gasteiger partial charge in [-0.15, -0.1) is 0 Å². The number of carbonyl (C=O) groups excluding carboxylic acids is 2. The largest absolute Gasteiger partial charge is 1.00 e. The maximum absolute atomic E-state index is 10.1. The van der Waals surface area contributed by atoms with Gasteiger partial charge in [-0.25, -0.2) is 0 Å². The van der Waals surface area contributed by atoms with Crippen LogP contribution in [-0.2, 0) is 19.7 Å². The zero-order chi connectivity index (χ0) is 10.6. The smallest absolute Gasteiger partial charge is 0.550 e. The summed E-state index contributed by atoms with van der Waals surface area (Å²) in [6, 6.07) is 0. The van der Waals surface area contributed by atoms with Crippen molar-refractivity contribution in [3.63, 3.8) is 0 Å². The molecule has 0 aromatic carbocycles. The third-order valence-electron chi connectivity index (χ3n) is 0.888. The van der Waals surface area contributed by atoms with Crippen molar-refractivity contribution in [3.05, 3.63) is 11.0 Å². The zero-order valence-electron chi connectivity index (χ0n) is 8.09. The third-order valence-corrected chi connectivity index (χ3v) is 1.47. The Morgan fingerprint density at radius 1 is 1.20 bits per heavy atom. The van der Waals surface area contributed by atoms with E-state index in [9.17, 15) is 28.2 Å². The van der Waals surface area contributed by atoms with Gasteiger partial charge in [0.25, 0.3) is 10.1 Å². The van der Waals surface area contributed by atoms with Gasteiger partial charge in [-0.1, -0.05) is 0 Å². The van der Waals surface area contributed by atoms with Crippen LogP contribution in [-0.4, -0.2) is 24.9 Å². The van der Waals surface area contributed by atoms with Crippen LogP contribution in [0.4, 0.5) is 0 Å². The number of hydrogen-bond acceptors (Lipinski definition) is 6. The van der Waals surface area contributed by atoms with Crippen molar-refractivity contribution >= 4 is 22.1 Å². The van der Waals surface area contributed by atoms with Crippen molar-refractivity contribution in [2.45, 2.75) is 6.42 Å². The van der Waals surface area contributed by atoms with Crippen molar-refractivity contribution in [1.82, 2.24) is 0 Å². The Morgan fingerprint density at radius 2 is 1.60 bits per heavy atom. The molecule has 7 nitrogen and oxygen atoms in total. The molecule has 0 aliphatic rings. The maximum Gasteiger partial charge on any atom is 1.00 e. The molecule has 1 N–H and O–H groups in total. The quantitative estimate of drug-likeness (QED) is 0.299. The number of aliphatic carboxylic acids is 2. The number of carboxylic acid groups (broad SMARTS) is 2. The van der Waals surface area contributed by atoms with Gasteiger partial charge in [0.15, 0.2) is 0 Å². The van der Waals surface area contributed by atoms with E-state index < -0.39 is 34.1 Å². The van der Waals surface area contributed by atoms with Gasteiger partial charge in [0.2, 0.25) is 0 Å². The molecule has 0 bridgehead atoms. The Labute approximate surface area is 130 Å². The van der Waals surface area contributed by atoms with E-state index in [2.05, 4.69) is 0 Å². The molecule has 0 amide bonds. The molecule has 0 heterocycles. The number of carboxylic acids is 2. The molecule has 0 unspecified atom stereocenters. The summed E-state index contributed by atoms with van der Waals surface area (Å²) >= 11 is 0. The average molecular weight is 254 g/mol. The molecule has 74 valence electrons. The van der Waals surface area contributed by atoms with E-state index in [0.717, 1.165) is 0 Å². The normalized spacial score (nSPS) is 10.9. The van der Waals surface area contributed by atoms with Gasteiger partial charge in [0.1, 0.15) is 0 Å². The van der Waals surface area contributed by atoms with Gasteiger partial charge in [-0.2, -0.15) is 8.42 Å². The van der Waals surface area contributed by atoms with Crippen molar-refractivity contribution < 1.29 is 91.9 Å². The second-order valence-electron chi connectivity index (χ2n) is 1.99. The van der Waals surface area contributed by atoms with Crippen LogP contribution in [0.25, 0.3) is 0 Å². The molecule has 10 heteroatoms. The van der Waals surface area contributed by atoms with E-state index >= 15 is 0 Å². The first-order valence-electron chi connectivity index (χ1n) is 2.81. The van der Waals surface area contributed by atoms with Crippen molar-refractivity contribution in [2.24, 2.45) is 0 Å². The fourth-order valence-corrected chi connectivity index (χ4v) is 1.04. The molecule has 0 radical (unpaired) electrons. The van der Waals surface area contributed by atoms with Crippen molar-refractivity contribution in [2.75, 3.05) is 0 Å². The molecule has 0 saturated carbocycles. The van der Waals surface area contributed by atoms with Crippen LogP contribution < -0.4 is 69.3 Å². The molecule has 0 aliphatic heterocycles. The summed E-state index contributed by atoms with van der Waals surface area (Å²) in [6.45, 7) is 0. The van der Waals surface area contributed by atoms with Crippen LogP contribution in [0.5, 0.6) is 0 Å². The van der Waals surface area contributed by atoms with Gasteiger partial charge in [0.05, 0.1) is 11.4 Å². The Kier molecular flexibility index (Phi) is 12.2. The molecule has 0 aromatic rings. The number of carbonyl (C=O) groups is 2.